The maximum absolute atomic E-state index is 14.5. The van der Waals surface area contributed by atoms with Crippen LogP contribution in [-0.4, -0.2) is 63.7 Å². The minimum absolute atomic E-state index is 0.133. The molecule has 0 radical (unpaired) electrons. The second kappa shape index (κ2) is 16.1. The van der Waals surface area contributed by atoms with Crippen LogP contribution in [0, 0.1) is 0 Å². The maximum Gasteiger partial charge on any atom is 0.416 e. The Balaban J connectivity index is 1.28. The first kappa shape index (κ1) is 34.8. The van der Waals surface area contributed by atoms with Crippen molar-refractivity contribution in [2.45, 2.75) is 31.7 Å². The monoisotopic (exact) mass is 694 g/mol. The van der Waals surface area contributed by atoms with E-state index in [1.807, 2.05) is 83.8 Å². The number of rotatable bonds is 11. The lowest BCUT2D eigenvalue weighted by Gasteiger charge is -2.39. The molecule has 0 saturated carbocycles. The van der Waals surface area contributed by atoms with Gasteiger partial charge in [-0.3, -0.25) is 19.5 Å². The van der Waals surface area contributed by atoms with Crippen molar-refractivity contribution < 1.29 is 22.8 Å². The zero-order chi connectivity index (χ0) is 34.9. The van der Waals surface area contributed by atoms with E-state index in [1.165, 1.54) is 29.2 Å². The number of benzene rings is 3. The molecule has 3 heterocycles. The van der Waals surface area contributed by atoms with Crippen LogP contribution in [0.1, 0.15) is 27.1 Å². The number of alkyl halides is 3. The van der Waals surface area contributed by atoms with Crippen molar-refractivity contribution in [3.63, 3.8) is 0 Å². The molecular formula is C40H37F3N4O2S. The second-order valence-corrected chi connectivity index (χ2v) is 13.2. The van der Waals surface area contributed by atoms with Crippen LogP contribution in [0.15, 0.2) is 127 Å². The number of hydrogen-bond acceptors (Lipinski definition) is 5. The molecule has 1 aliphatic heterocycles. The number of carbonyl (C=O) groups excluding carboxylic acids is 2. The summed E-state index contributed by atoms with van der Waals surface area (Å²) in [6, 6.07) is 31.0. The molecule has 1 unspecified atom stereocenters. The minimum atomic E-state index is -4.46. The fraction of sp³-hybridized carbons (Fsp3) is 0.225. The van der Waals surface area contributed by atoms with Crippen molar-refractivity contribution in [3.05, 3.63) is 154 Å². The smallest absolute Gasteiger partial charge is 0.338 e. The summed E-state index contributed by atoms with van der Waals surface area (Å²) in [6.07, 6.45) is 0.416. The van der Waals surface area contributed by atoms with Gasteiger partial charge in [0.05, 0.1) is 11.3 Å². The Kier molecular flexibility index (Phi) is 11.2. The van der Waals surface area contributed by atoms with Crippen molar-refractivity contribution in [1.82, 2.24) is 19.7 Å². The van der Waals surface area contributed by atoms with E-state index in [2.05, 4.69) is 21.3 Å². The number of carbonyl (C=O) groups is 2. The molecule has 10 heteroatoms. The van der Waals surface area contributed by atoms with Crippen LogP contribution in [0.2, 0.25) is 0 Å². The van der Waals surface area contributed by atoms with Gasteiger partial charge in [-0.05, 0) is 58.5 Å². The molecule has 1 aliphatic rings. The van der Waals surface area contributed by atoms with Crippen LogP contribution < -0.4 is 0 Å². The molecule has 50 heavy (non-hydrogen) atoms. The summed E-state index contributed by atoms with van der Waals surface area (Å²) in [5.74, 6) is -0.546. The van der Waals surface area contributed by atoms with Gasteiger partial charge >= 0.3 is 6.18 Å². The largest absolute Gasteiger partial charge is 0.416 e. The summed E-state index contributed by atoms with van der Waals surface area (Å²) in [5, 5.41) is 2.06. The van der Waals surface area contributed by atoms with E-state index in [0.717, 1.165) is 54.2 Å². The molecule has 2 amide bonds. The number of aromatic nitrogens is 1. The number of amides is 2. The van der Waals surface area contributed by atoms with E-state index in [4.69, 9.17) is 0 Å². The van der Waals surface area contributed by atoms with Gasteiger partial charge < -0.3 is 9.80 Å². The second-order valence-electron chi connectivity index (χ2n) is 12.2. The zero-order valence-corrected chi connectivity index (χ0v) is 28.2. The van der Waals surface area contributed by atoms with Gasteiger partial charge in [0, 0.05) is 68.4 Å². The van der Waals surface area contributed by atoms with Crippen LogP contribution in [-0.2, 0) is 35.3 Å². The molecule has 2 aromatic heterocycles. The highest BCUT2D eigenvalue weighted by Crippen LogP contribution is 2.29. The van der Waals surface area contributed by atoms with E-state index in [1.54, 1.807) is 22.4 Å². The average molecular weight is 695 g/mol. The molecule has 0 spiro atoms. The van der Waals surface area contributed by atoms with Gasteiger partial charge in [-0.15, -0.1) is 11.3 Å². The topological polar surface area (TPSA) is 56.8 Å². The number of nitrogens with zero attached hydrogens (tertiary/aromatic N) is 4. The van der Waals surface area contributed by atoms with Crippen LogP contribution >= 0.6 is 11.3 Å². The zero-order valence-electron chi connectivity index (χ0n) is 27.4. The lowest BCUT2D eigenvalue weighted by Crippen LogP contribution is -2.56. The lowest BCUT2D eigenvalue weighted by atomic mass is 10.0. The highest BCUT2D eigenvalue weighted by molar-refractivity contribution is 7.09. The van der Waals surface area contributed by atoms with Crippen molar-refractivity contribution in [2.24, 2.45) is 0 Å². The Morgan fingerprint density at radius 1 is 0.820 bits per heavy atom. The van der Waals surface area contributed by atoms with Gasteiger partial charge in [0.2, 0.25) is 11.8 Å². The predicted octanol–water partition coefficient (Wildman–Crippen LogP) is 7.83. The van der Waals surface area contributed by atoms with Crippen molar-refractivity contribution in [1.29, 1.82) is 0 Å². The van der Waals surface area contributed by atoms with E-state index in [0.29, 0.717) is 25.1 Å². The summed E-state index contributed by atoms with van der Waals surface area (Å²) >= 11 is 1.72. The molecule has 6 nitrogen and oxygen atoms in total. The first-order chi connectivity index (χ1) is 24.2. The van der Waals surface area contributed by atoms with Crippen molar-refractivity contribution >= 4 is 29.2 Å². The molecule has 1 fully saturated rings. The number of thiophene rings is 1. The van der Waals surface area contributed by atoms with E-state index in [-0.39, 0.29) is 12.5 Å². The quantitative estimate of drug-likeness (QED) is 0.132. The molecule has 1 atom stereocenters. The van der Waals surface area contributed by atoms with Gasteiger partial charge in [-0.25, -0.2) is 0 Å². The summed E-state index contributed by atoms with van der Waals surface area (Å²) in [5.41, 5.74) is 3.16. The fourth-order valence-electron chi connectivity index (χ4n) is 6.03. The SMILES string of the molecule is O=C(C(Cc1ccccc1)N(Cc1ccc(-c2ccccn2)cc1)C(=O)C=Cc1ccc(C(F)(F)F)cc1)N1CCN(Cc2cccs2)CC1. The van der Waals surface area contributed by atoms with E-state index in [9.17, 15) is 22.8 Å². The van der Waals surface area contributed by atoms with Crippen LogP contribution in [0.4, 0.5) is 13.2 Å². The third-order valence-corrected chi connectivity index (χ3v) is 9.64. The summed E-state index contributed by atoms with van der Waals surface area (Å²) < 4.78 is 39.5. The minimum Gasteiger partial charge on any atom is -0.338 e. The Morgan fingerprint density at radius 3 is 2.18 bits per heavy atom. The highest BCUT2D eigenvalue weighted by atomic mass is 32.1. The molecule has 0 bridgehead atoms. The average Bonchev–Trinajstić information content (AvgIpc) is 3.66. The third kappa shape index (κ3) is 9.13. The van der Waals surface area contributed by atoms with Crippen molar-refractivity contribution in [3.8, 4) is 11.3 Å². The third-order valence-electron chi connectivity index (χ3n) is 8.78. The van der Waals surface area contributed by atoms with Gasteiger partial charge in [0.15, 0.2) is 0 Å². The van der Waals surface area contributed by atoms with Crippen LogP contribution in [0.5, 0.6) is 0 Å². The first-order valence-electron chi connectivity index (χ1n) is 16.5. The number of halogens is 3. The Labute approximate surface area is 294 Å². The molecule has 0 aliphatic carbocycles. The summed E-state index contributed by atoms with van der Waals surface area (Å²) in [4.78, 5) is 40.1. The molecule has 1 saturated heterocycles. The highest BCUT2D eigenvalue weighted by Gasteiger charge is 2.34. The number of pyridine rings is 1. The molecule has 256 valence electrons. The standard InChI is InChI=1S/C40H37F3N4O2S/c41-40(42,43)34-18-13-30(14-19-34)15-20-38(48)47(28-32-11-16-33(17-12-32)36-10-4-5-21-44-36)37(27-31-7-2-1-3-8-31)39(49)46-24-22-45(23-25-46)29-35-9-6-26-50-35/h1-21,26,37H,22-25,27-29H2. The maximum atomic E-state index is 14.5. The number of piperazine rings is 1. The molecule has 6 rings (SSSR count). The molecule has 0 N–H and O–H groups in total. The van der Waals surface area contributed by atoms with Gasteiger partial charge in [-0.1, -0.05) is 78.9 Å². The predicted molar refractivity (Wildman–Crippen MR) is 191 cm³/mol. The Bertz CT molecular complexity index is 1860. The Morgan fingerprint density at radius 2 is 1.54 bits per heavy atom. The van der Waals surface area contributed by atoms with Crippen LogP contribution in [0.3, 0.4) is 0 Å². The fourth-order valence-corrected chi connectivity index (χ4v) is 6.77. The normalized spacial score (nSPS) is 14.5. The summed E-state index contributed by atoms with van der Waals surface area (Å²) in [6.45, 7) is 3.51. The van der Waals surface area contributed by atoms with Gasteiger partial charge in [0.25, 0.3) is 0 Å². The lowest BCUT2D eigenvalue weighted by molar-refractivity contribution is -0.145. The molecule has 3 aromatic carbocycles. The first-order valence-corrected chi connectivity index (χ1v) is 17.3. The van der Waals surface area contributed by atoms with Gasteiger partial charge in [-0.2, -0.15) is 13.2 Å². The summed E-state index contributed by atoms with van der Waals surface area (Å²) in [7, 11) is 0. The number of hydrogen-bond donors (Lipinski definition) is 0. The Hall–Kier alpha value is -5.06. The van der Waals surface area contributed by atoms with Crippen molar-refractivity contribution in [2.75, 3.05) is 26.2 Å². The van der Waals surface area contributed by atoms with E-state index < -0.39 is 23.7 Å². The molecule has 5 aromatic rings. The van der Waals surface area contributed by atoms with E-state index >= 15 is 0 Å². The van der Waals surface area contributed by atoms with Gasteiger partial charge in [0.1, 0.15) is 6.04 Å². The van der Waals surface area contributed by atoms with Crippen LogP contribution in [0.25, 0.3) is 17.3 Å². The molecular weight excluding hydrogens is 658 g/mol.